The Kier molecular flexibility index (Phi) is 13.0. The van der Waals surface area contributed by atoms with Gasteiger partial charge in [-0.3, -0.25) is 9.80 Å². The quantitative estimate of drug-likeness (QED) is 0.160. The molecule has 6 heteroatoms. The summed E-state index contributed by atoms with van der Waals surface area (Å²) >= 11 is 12.6. The normalized spacial score (nSPS) is 13.0. The lowest BCUT2D eigenvalue weighted by atomic mass is 9.79. The van der Waals surface area contributed by atoms with Crippen molar-refractivity contribution in [2.24, 2.45) is 0 Å². The van der Waals surface area contributed by atoms with Gasteiger partial charge in [-0.1, -0.05) is 155 Å². The van der Waals surface area contributed by atoms with E-state index in [0.29, 0.717) is 47.7 Å². The number of aromatic hydroxyl groups is 2. The van der Waals surface area contributed by atoms with Gasteiger partial charge in [0, 0.05) is 60.4 Å². The molecule has 282 valence electrons. The Bertz CT molecular complexity index is 1670. The molecule has 0 atom stereocenters. The molecule has 0 radical (unpaired) electrons. The molecule has 0 heterocycles. The second kappa shape index (κ2) is 16.1. The molecule has 0 aliphatic carbocycles. The van der Waals surface area contributed by atoms with Crippen LogP contribution in [0.5, 0.6) is 11.5 Å². The van der Waals surface area contributed by atoms with Crippen LogP contribution in [0.15, 0.2) is 72.8 Å². The van der Waals surface area contributed by atoms with Crippen molar-refractivity contribution >= 4 is 23.2 Å². The molecule has 0 bridgehead atoms. The average Bonchev–Trinajstić information content (AvgIpc) is 3.01. The Morgan fingerprint density at radius 1 is 0.442 bits per heavy atom. The number of halogens is 2. The molecule has 4 rings (SSSR count). The number of benzene rings is 4. The summed E-state index contributed by atoms with van der Waals surface area (Å²) in [7, 11) is 0. The highest BCUT2D eigenvalue weighted by molar-refractivity contribution is 6.30. The van der Waals surface area contributed by atoms with E-state index in [0.717, 1.165) is 46.5 Å². The summed E-state index contributed by atoms with van der Waals surface area (Å²) in [6.45, 7) is 30.3. The zero-order chi connectivity index (χ0) is 38.8. The summed E-state index contributed by atoms with van der Waals surface area (Å²) in [5, 5.41) is 25.0. The van der Waals surface area contributed by atoms with Crippen molar-refractivity contribution in [3.63, 3.8) is 0 Å². The van der Waals surface area contributed by atoms with E-state index in [9.17, 15) is 10.2 Å². The lowest BCUT2D eigenvalue weighted by Gasteiger charge is -2.32. The maximum absolute atomic E-state index is 11.8. The van der Waals surface area contributed by atoms with Crippen LogP contribution in [0.4, 0.5) is 0 Å². The average molecular weight is 746 g/mol. The molecule has 4 aromatic rings. The number of hydrogen-bond donors (Lipinski definition) is 2. The highest BCUT2D eigenvalue weighted by atomic mass is 35.5. The van der Waals surface area contributed by atoms with Gasteiger partial charge in [0.25, 0.3) is 0 Å². The van der Waals surface area contributed by atoms with Crippen LogP contribution in [0.25, 0.3) is 0 Å². The molecule has 0 fully saturated rings. The van der Waals surface area contributed by atoms with Crippen LogP contribution >= 0.6 is 23.2 Å². The number of nitrogens with zero attached hydrogens (tertiary/aromatic N) is 2. The minimum atomic E-state index is -0.216. The molecular formula is C46H62Cl2N2O2. The number of phenols is 2. The number of phenolic OH excluding ortho intramolecular Hbond substituents is 2. The van der Waals surface area contributed by atoms with Gasteiger partial charge >= 0.3 is 0 Å². The van der Waals surface area contributed by atoms with Crippen molar-refractivity contribution in [1.29, 1.82) is 0 Å². The summed E-state index contributed by atoms with van der Waals surface area (Å²) in [5.41, 5.74) is 7.95. The van der Waals surface area contributed by atoms with Crippen molar-refractivity contribution in [3.8, 4) is 11.5 Å². The van der Waals surface area contributed by atoms with Gasteiger partial charge in [0.1, 0.15) is 11.5 Å². The zero-order valence-corrected chi connectivity index (χ0v) is 35.2. The van der Waals surface area contributed by atoms with E-state index in [4.69, 9.17) is 23.2 Å². The van der Waals surface area contributed by atoms with Gasteiger partial charge in [-0.05, 0) is 79.3 Å². The van der Waals surface area contributed by atoms with Crippen LogP contribution in [0.1, 0.15) is 128 Å². The first kappa shape index (κ1) is 41.7. The highest BCUT2D eigenvalue weighted by Crippen LogP contribution is 2.40. The zero-order valence-electron chi connectivity index (χ0n) is 33.7. The molecule has 4 aromatic carbocycles. The van der Waals surface area contributed by atoms with E-state index in [1.807, 2.05) is 24.3 Å². The van der Waals surface area contributed by atoms with Gasteiger partial charge in [-0.2, -0.15) is 0 Å². The molecule has 2 N–H and O–H groups in total. The third-order valence-electron chi connectivity index (χ3n) is 9.89. The largest absolute Gasteiger partial charge is 0.507 e. The summed E-state index contributed by atoms with van der Waals surface area (Å²) < 4.78 is 0. The predicted molar refractivity (Wildman–Crippen MR) is 222 cm³/mol. The van der Waals surface area contributed by atoms with Crippen molar-refractivity contribution in [3.05, 3.63) is 127 Å². The molecule has 4 nitrogen and oxygen atoms in total. The van der Waals surface area contributed by atoms with Crippen LogP contribution in [0.3, 0.4) is 0 Å². The van der Waals surface area contributed by atoms with Crippen molar-refractivity contribution < 1.29 is 10.2 Å². The van der Waals surface area contributed by atoms with E-state index in [2.05, 4.69) is 141 Å². The summed E-state index contributed by atoms with van der Waals surface area (Å²) in [6, 6.07) is 24.8. The van der Waals surface area contributed by atoms with Crippen LogP contribution < -0.4 is 0 Å². The van der Waals surface area contributed by atoms with Crippen molar-refractivity contribution in [2.45, 2.75) is 131 Å². The third kappa shape index (κ3) is 11.2. The first-order valence-corrected chi connectivity index (χ1v) is 19.3. The van der Waals surface area contributed by atoms with Gasteiger partial charge in [0.15, 0.2) is 0 Å². The fourth-order valence-electron chi connectivity index (χ4n) is 6.53. The predicted octanol–water partition coefficient (Wildman–Crippen LogP) is 12.3. The van der Waals surface area contributed by atoms with Gasteiger partial charge in [-0.25, -0.2) is 0 Å². The molecule has 0 aliphatic rings. The van der Waals surface area contributed by atoms with E-state index >= 15 is 0 Å². The van der Waals surface area contributed by atoms with Gasteiger partial charge in [0.2, 0.25) is 0 Å². The SMILES string of the molecule is CC(C)(C)c1cc(CN(CCN(Cc2ccc(Cl)cc2)Cc2cc(C(C)(C)C)cc(C(C)(C)C)c2O)Cc2ccc(Cl)cc2)c(O)c(C(C)(C)C)c1. The molecular weight excluding hydrogens is 683 g/mol. The van der Waals surface area contributed by atoms with Gasteiger partial charge in [-0.15, -0.1) is 0 Å². The first-order valence-electron chi connectivity index (χ1n) is 18.6. The number of rotatable bonds is 11. The van der Waals surface area contributed by atoms with Gasteiger partial charge in [0.05, 0.1) is 0 Å². The summed E-state index contributed by atoms with van der Waals surface area (Å²) in [6.07, 6.45) is 0. The molecule has 0 aromatic heterocycles. The van der Waals surface area contributed by atoms with Crippen molar-refractivity contribution in [2.75, 3.05) is 13.1 Å². The standard InChI is InChI=1S/C46H62Cl2N2O2/c1-43(2,3)35-23-33(41(51)39(25-35)45(7,8)9)29-49(27-31-13-17-37(47)18-14-31)21-22-50(28-32-15-19-38(48)20-16-32)30-34-24-36(44(4,5)6)26-40(42(34)52)46(10,11)12/h13-20,23-26,51-52H,21-22,27-30H2,1-12H3. The van der Waals surface area contributed by atoms with Crippen LogP contribution in [-0.4, -0.2) is 33.1 Å². The maximum Gasteiger partial charge on any atom is 0.123 e. The van der Waals surface area contributed by atoms with Crippen LogP contribution in [0.2, 0.25) is 10.0 Å². The molecule has 0 spiro atoms. The topological polar surface area (TPSA) is 46.9 Å². The Labute approximate surface area is 324 Å². The Hall–Kier alpha value is -3.02. The summed E-state index contributed by atoms with van der Waals surface area (Å²) in [4.78, 5) is 4.83. The second-order valence-corrected chi connectivity index (χ2v) is 19.6. The van der Waals surface area contributed by atoms with E-state index in [-0.39, 0.29) is 21.7 Å². The van der Waals surface area contributed by atoms with Crippen molar-refractivity contribution in [1.82, 2.24) is 9.80 Å². The highest BCUT2D eigenvalue weighted by Gasteiger charge is 2.28. The van der Waals surface area contributed by atoms with E-state index in [1.165, 1.54) is 11.1 Å². The monoisotopic (exact) mass is 744 g/mol. The van der Waals surface area contributed by atoms with Gasteiger partial charge < -0.3 is 10.2 Å². The Morgan fingerprint density at radius 2 is 0.750 bits per heavy atom. The maximum atomic E-state index is 11.8. The fourth-order valence-corrected chi connectivity index (χ4v) is 6.78. The number of hydrogen-bond acceptors (Lipinski definition) is 4. The molecule has 0 saturated heterocycles. The molecule has 52 heavy (non-hydrogen) atoms. The molecule has 0 amide bonds. The minimum absolute atomic E-state index is 0.0751. The fraction of sp³-hybridized carbons (Fsp3) is 0.478. The van der Waals surface area contributed by atoms with E-state index < -0.39 is 0 Å². The molecule has 0 saturated carbocycles. The lowest BCUT2D eigenvalue weighted by Crippen LogP contribution is -2.34. The van der Waals surface area contributed by atoms with Crippen LogP contribution in [0, 0.1) is 0 Å². The smallest absolute Gasteiger partial charge is 0.123 e. The molecule has 0 aliphatic heterocycles. The summed E-state index contributed by atoms with van der Waals surface area (Å²) in [5.74, 6) is 0.747. The Morgan fingerprint density at radius 3 is 1.02 bits per heavy atom. The molecule has 0 unspecified atom stereocenters. The van der Waals surface area contributed by atoms with Crippen LogP contribution in [-0.2, 0) is 47.8 Å². The Balaban J connectivity index is 1.77. The van der Waals surface area contributed by atoms with E-state index in [1.54, 1.807) is 0 Å². The minimum Gasteiger partial charge on any atom is -0.507 e. The first-order chi connectivity index (χ1) is 23.9. The third-order valence-corrected chi connectivity index (χ3v) is 10.4. The lowest BCUT2D eigenvalue weighted by molar-refractivity contribution is 0.180. The second-order valence-electron chi connectivity index (χ2n) is 18.7.